The van der Waals surface area contributed by atoms with Crippen molar-refractivity contribution in [3.63, 3.8) is 0 Å². The zero-order chi connectivity index (χ0) is 15.4. The molecule has 118 valence electrons. The van der Waals surface area contributed by atoms with Gasteiger partial charge in [-0.25, -0.2) is 0 Å². The summed E-state index contributed by atoms with van der Waals surface area (Å²) in [5.74, 6) is 0. The maximum absolute atomic E-state index is 7.88. The Morgan fingerprint density at radius 2 is 1.00 bits per heavy atom. The predicted octanol–water partition coefficient (Wildman–Crippen LogP) is 3.03. The van der Waals surface area contributed by atoms with Gasteiger partial charge in [-0.1, -0.05) is 26.8 Å². The first-order valence-corrected chi connectivity index (χ1v) is 6.83. The van der Waals surface area contributed by atoms with Gasteiger partial charge in [0.05, 0.1) is 0 Å². The van der Waals surface area contributed by atoms with E-state index in [-0.39, 0.29) is 25.8 Å². The van der Waals surface area contributed by atoms with Crippen LogP contribution >= 0.6 is 0 Å². The molecule has 0 atom stereocenters. The second-order valence-electron chi connectivity index (χ2n) is 3.66. The third-order valence-corrected chi connectivity index (χ3v) is 1.51. The van der Waals surface area contributed by atoms with E-state index in [1.807, 2.05) is 51.1 Å². The zero-order valence-electron chi connectivity index (χ0n) is 13.2. The average Bonchev–Trinajstić information content (AvgIpc) is 2.48. The summed E-state index contributed by atoms with van der Waals surface area (Å²) in [6.45, 7) is 10.5. The van der Waals surface area contributed by atoms with Crippen LogP contribution in [0.1, 0.15) is 45.6 Å². The van der Waals surface area contributed by atoms with Crippen LogP contribution in [0.5, 0.6) is 0 Å². The third kappa shape index (κ3) is 43.1. The largest absolute Gasteiger partial charge is 0.396 e. The SMILES string of the molecule is CCCO.CCCO.CCCO.[CH2-]c1ccccc1.[Hf]. The first-order valence-electron chi connectivity index (χ1n) is 6.83. The van der Waals surface area contributed by atoms with E-state index >= 15 is 0 Å². The van der Waals surface area contributed by atoms with Crippen molar-refractivity contribution < 1.29 is 41.2 Å². The fourth-order valence-electron chi connectivity index (χ4n) is 0.478. The van der Waals surface area contributed by atoms with Crippen molar-refractivity contribution in [2.75, 3.05) is 19.8 Å². The molecule has 0 fully saturated rings. The van der Waals surface area contributed by atoms with Gasteiger partial charge in [-0.05, 0) is 19.3 Å². The van der Waals surface area contributed by atoms with E-state index < -0.39 is 0 Å². The van der Waals surface area contributed by atoms with Gasteiger partial charge in [0.1, 0.15) is 0 Å². The molecule has 3 nitrogen and oxygen atoms in total. The molecule has 0 radical (unpaired) electrons. The normalized spacial score (nSPS) is 7.50. The molecule has 20 heavy (non-hydrogen) atoms. The summed E-state index contributed by atoms with van der Waals surface area (Å²) < 4.78 is 0. The molecule has 0 aromatic heterocycles. The molecule has 0 spiro atoms. The number of hydrogen-bond acceptors (Lipinski definition) is 3. The average molecular weight is 450 g/mol. The van der Waals surface area contributed by atoms with E-state index in [1.54, 1.807) is 0 Å². The summed E-state index contributed by atoms with van der Waals surface area (Å²) in [5.41, 5.74) is 1.07. The number of benzene rings is 1. The molecule has 0 aliphatic carbocycles. The Kier molecular flexibility index (Phi) is 43.9. The Hall–Kier alpha value is -0.160. The molecule has 0 aliphatic rings. The van der Waals surface area contributed by atoms with E-state index in [0.29, 0.717) is 19.8 Å². The van der Waals surface area contributed by atoms with E-state index in [4.69, 9.17) is 15.3 Å². The van der Waals surface area contributed by atoms with Gasteiger partial charge in [0.25, 0.3) is 0 Å². The molecule has 0 saturated heterocycles. The molecule has 0 amide bonds. The minimum atomic E-state index is 0. The summed E-state index contributed by atoms with van der Waals surface area (Å²) in [5, 5.41) is 23.6. The van der Waals surface area contributed by atoms with Crippen LogP contribution in [0.2, 0.25) is 0 Å². The molecule has 0 aliphatic heterocycles. The first kappa shape index (κ1) is 28.1. The number of rotatable bonds is 3. The summed E-state index contributed by atoms with van der Waals surface area (Å²) in [6.07, 6.45) is 2.62. The monoisotopic (exact) mass is 451 g/mol. The van der Waals surface area contributed by atoms with Gasteiger partial charge in [0.15, 0.2) is 0 Å². The fourth-order valence-corrected chi connectivity index (χ4v) is 0.478. The molecule has 0 saturated carbocycles. The van der Waals surface area contributed by atoms with Crippen LogP contribution in [-0.4, -0.2) is 35.1 Å². The maximum atomic E-state index is 7.88. The maximum Gasteiger partial charge on any atom is 0.0428 e. The molecule has 1 rings (SSSR count). The predicted molar refractivity (Wildman–Crippen MR) is 83.0 cm³/mol. The van der Waals surface area contributed by atoms with Gasteiger partial charge in [-0.15, -0.1) is 12.1 Å². The second-order valence-corrected chi connectivity index (χ2v) is 3.66. The van der Waals surface area contributed by atoms with Crippen molar-refractivity contribution in [3.8, 4) is 0 Å². The van der Waals surface area contributed by atoms with Gasteiger partial charge < -0.3 is 15.3 Å². The molecule has 4 heteroatoms. The Balaban J connectivity index is -0.0000000881. The van der Waals surface area contributed by atoms with Crippen molar-refractivity contribution in [2.24, 2.45) is 0 Å². The Labute approximate surface area is 143 Å². The quantitative estimate of drug-likeness (QED) is 0.491. The van der Waals surface area contributed by atoms with Gasteiger partial charge in [-0.2, -0.15) is 24.6 Å². The van der Waals surface area contributed by atoms with Crippen LogP contribution < -0.4 is 0 Å². The molecule has 0 bridgehead atoms. The third-order valence-electron chi connectivity index (χ3n) is 1.51. The van der Waals surface area contributed by atoms with E-state index in [0.717, 1.165) is 24.8 Å². The van der Waals surface area contributed by atoms with E-state index in [9.17, 15) is 0 Å². The Morgan fingerprint density at radius 3 is 1.10 bits per heavy atom. The summed E-state index contributed by atoms with van der Waals surface area (Å²) >= 11 is 0. The summed E-state index contributed by atoms with van der Waals surface area (Å²) in [4.78, 5) is 0. The molecule has 0 unspecified atom stereocenters. The van der Waals surface area contributed by atoms with Crippen LogP contribution in [0.3, 0.4) is 0 Å². The number of hydrogen-bond donors (Lipinski definition) is 3. The minimum absolute atomic E-state index is 0. The van der Waals surface area contributed by atoms with Crippen LogP contribution in [0.15, 0.2) is 30.3 Å². The van der Waals surface area contributed by atoms with Crippen LogP contribution in [0.4, 0.5) is 0 Å². The Bertz CT molecular complexity index is 203. The van der Waals surface area contributed by atoms with E-state index in [2.05, 4.69) is 6.92 Å². The van der Waals surface area contributed by atoms with E-state index in [1.165, 1.54) is 0 Å². The molecular formula is C16H31HfO3-. The number of aliphatic hydroxyl groups is 3. The molecule has 1 aromatic rings. The smallest absolute Gasteiger partial charge is 0.0428 e. The summed E-state index contributed by atoms with van der Waals surface area (Å²) in [6, 6.07) is 9.87. The molecule has 3 N–H and O–H groups in total. The molecule has 0 heterocycles. The van der Waals surface area contributed by atoms with Crippen molar-refractivity contribution in [1.29, 1.82) is 0 Å². The first-order chi connectivity index (χ1) is 9.14. The van der Waals surface area contributed by atoms with Gasteiger partial charge in [0.2, 0.25) is 0 Å². The van der Waals surface area contributed by atoms with Crippen LogP contribution in [-0.2, 0) is 25.8 Å². The van der Waals surface area contributed by atoms with Gasteiger partial charge in [0, 0.05) is 45.7 Å². The van der Waals surface area contributed by atoms with Crippen LogP contribution in [0.25, 0.3) is 0 Å². The minimum Gasteiger partial charge on any atom is -0.396 e. The Morgan fingerprint density at radius 1 is 0.750 bits per heavy atom. The molecule has 1 aromatic carbocycles. The van der Waals surface area contributed by atoms with Crippen molar-refractivity contribution in [2.45, 2.75) is 40.0 Å². The zero-order valence-corrected chi connectivity index (χ0v) is 16.8. The topological polar surface area (TPSA) is 60.7 Å². The standard InChI is InChI=1S/C7H7.3C3H8O.Hf/c1-7-5-3-2-4-6-7;3*1-2-3-4;/h2-6H,1H2;3*4H,2-3H2,1H3;/q-1;;;;. The van der Waals surface area contributed by atoms with Gasteiger partial charge in [-0.3, -0.25) is 0 Å². The second kappa shape index (κ2) is 31.3. The van der Waals surface area contributed by atoms with Crippen molar-refractivity contribution in [1.82, 2.24) is 0 Å². The fraction of sp³-hybridized carbons (Fsp3) is 0.562. The van der Waals surface area contributed by atoms with Crippen LogP contribution in [0, 0.1) is 6.92 Å². The summed E-state index contributed by atoms with van der Waals surface area (Å²) in [7, 11) is 0. The number of aliphatic hydroxyl groups excluding tert-OH is 3. The van der Waals surface area contributed by atoms with Crippen molar-refractivity contribution in [3.05, 3.63) is 42.8 Å². The van der Waals surface area contributed by atoms with Gasteiger partial charge >= 0.3 is 0 Å². The van der Waals surface area contributed by atoms with Crippen molar-refractivity contribution >= 4 is 0 Å². The molecular weight excluding hydrogens is 419 g/mol.